The highest BCUT2D eigenvalue weighted by atomic mass is 19.1. The lowest BCUT2D eigenvalue weighted by atomic mass is 9.98. The number of nitrogens with zero attached hydrogens (tertiary/aromatic N) is 1. The van der Waals surface area contributed by atoms with Gasteiger partial charge < -0.3 is 0 Å². The first kappa shape index (κ1) is 12.4. The van der Waals surface area contributed by atoms with Gasteiger partial charge in [-0.3, -0.25) is 9.78 Å². The Morgan fingerprint density at radius 2 is 1.89 bits per heavy atom. The van der Waals surface area contributed by atoms with Gasteiger partial charge in [0.15, 0.2) is 0 Å². The number of hydrogen-bond donors (Lipinski definition) is 0. The third kappa shape index (κ3) is 2.16. The molecule has 0 unspecified atom stereocenters. The molecule has 0 spiro atoms. The molecule has 0 saturated heterocycles. The first-order chi connectivity index (χ1) is 8.50. The molecule has 92 valence electrons. The van der Waals surface area contributed by atoms with Crippen LogP contribution in [0.3, 0.4) is 0 Å². The van der Waals surface area contributed by atoms with Gasteiger partial charge in [-0.25, -0.2) is 4.39 Å². The number of carbonyl (C=O) groups is 1. The third-order valence-electron chi connectivity index (χ3n) is 2.88. The van der Waals surface area contributed by atoms with E-state index in [4.69, 9.17) is 0 Å². The van der Waals surface area contributed by atoms with Crippen molar-refractivity contribution in [2.24, 2.45) is 0 Å². The maximum Gasteiger partial charge on any atom is 0.214 e. The summed E-state index contributed by atoms with van der Waals surface area (Å²) >= 11 is 0. The highest BCUT2D eigenvalue weighted by molar-refractivity contribution is 6.09. The second-order valence-corrected chi connectivity index (χ2v) is 4.44. The minimum atomic E-state index is -0.484. The molecule has 0 N–H and O–H groups in total. The van der Waals surface area contributed by atoms with Crippen LogP contribution in [0.1, 0.15) is 32.7 Å². The molecule has 18 heavy (non-hydrogen) atoms. The van der Waals surface area contributed by atoms with E-state index in [-0.39, 0.29) is 11.3 Å². The van der Waals surface area contributed by atoms with Crippen molar-refractivity contribution in [1.82, 2.24) is 4.98 Å². The number of pyridine rings is 1. The molecule has 0 saturated carbocycles. The number of hydrogen-bond acceptors (Lipinski definition) is 2. The van der Waals surface area contributed by atoms with E-state index < -0.39 is 5.82 Å². The van der Waals surface area contributed by atoms with E-state index >= 15 is 0 Å². The quantitative estimate of drug-likeness (QED) is 0.757. The number of ketones is 1. The summed E-state index contributed by atoms with van der Waals surface area (Å²) in [6, 6.07) is 6.72. The summed E-state index contributed by atoms with van der Waals surface area (Å²) in [6.07, 6.45) is 1.54. The molecule has 0 radical (unpaired) electrons. The molecule has 2 aromatic rings. The number of benzene rings is 1. The first-order valence-corrected chi connectivity index (χ1v) is 5.73. The second kappa shape index (κ2) is 4.69. The topological polar surface area (TPSA) is 30.0 Å². The van der Waals surface area contributed by atoms with Crippen LogP contribution in [0.4, 0.5) is 4.39 Å². The molecule has 2 nitrogen and oxygen atoms in total. The van der Waals surface area contributed by atoms with E-state index in [1.54, 1.807) is 45.2 Å². The zero-order valence-electron chi connectivity index (χ0n) is 10.6. The van der Waals surface area contributed by atoms with Crippen molar-refractivity contribution < 1.29 is 9.18 Å². The number of rotatable bonds is 2. The molecule has 0 fully saturated rings. The lowest BCUT2D eigenvalue weighted by Crippen LogP contribution is -2.10. The Labute approximate surface area is 105 Å². The van der Waals surface area contributed by atoms with Crippen molar-refractivity contribution in [3.63, 3.8) is 0 Å². The van der Waals surface area contributed by atoms with Crippen molar-refractivity contribution in [2.45, 2.75) is 20.8 Å². The minimum absolute atomic E-state index is 0.113. The van der Waals surface area contributed by atoms with Crippen LogP contribution in [0.2, 0.25) is 0 Å². The van der Waals surface area contributed by atoms with Gasteiger partial charge in [0.05, 0.1) is 5.56 Å². The molecule has 0 aliphatic carbocycles. The molecule has 1 aromatic carbocycles. The van der Waals surface area contributed by atoms with Crippen LogP contribution in [0, 0.1) is 26.6 Å². The minimum Gasteiger partial charge on any atom is -0.287 e. The second-order valence-electron chi connectivity index (χ2n) is 4.44. The highest BCUT2D eigenvalue weighted by Gasteiger charge is 2.19. The molecular weight excluding hydrogens is 229 g/mol. The van der Waals surface area contributed by atoms with E-state index in [1.807, 2.05) is 0 Å². The van der Waals surface area contributed by atoms with E-state index in [1.165, 1.54) is 6.07 Å². The standard InChI is InChI=1S/C15H14FNO/c1-9-7-11(3)13(12(16)8-9)15(18)14-10(2)5-4-6-17-14/h4-8H,1-3H3. The Morgan fingerprint density at radius 1 is 1.17 bits per heavy atom. The molecule has 0 aliphatic heterocycles. The predicted octanol–water partition coefficient (Wildman–Crippen LogP) is 3.38. The average molecular weight is 243 g/mol. The normalized spacial score (nSPS) is 10.4. The Bertz CT molecular complexity index is 597. The molecule has 3 heteroatoms. The monoisotopic (exact) mass is 243 g/mol. The van der Waals surface area contributed by atoms with Crippen LogP contribution in [-0.4, -0.2) is 10.8 Å². The van der Waals surface area contributed by atoms with Gasteiger partial charge in [-0.1, -0.05) is 12.1 Å². The Hall–Kier alpha value is -2.03. The van der Waals surface area contributed by atoms with Gasteiger partial charge in [0, 0.05) is 6.20 Å². The molecule has 0 amide bonds. The number of carbonyl (C=O) groups excluding carboxylic acids is 1. The Kier molecular flexibility index (Phi) is 3.24. The van der Waals surface area contributed by atoms with Gasteiger partial charge in [-0.2, -0.15) is 0 Å². The fourth-order valence-corrected chi connectivity index (χ4v) is 2.05. The van der Waals surface area contributed by atoms with Gasteiger partial charge in [0.2, 0.25) is 5.78 Å². The molecule has 0 aliphatic rings. The number of halogens is 1. The summed E-state index contributed by atoms with van der Waals surface area (Å²) in [5, 5.41) is 0. The van der Waals surface area contributed by atoms with Crippen molar-refractivity contribution in [3.8, 4) is 0 Å². The first-order valence-electron chi connectivity index (χ1n) is 5.73. The van der Waals surface area contributed by atoms with E-state index in [0.29, 0.717) is 11.3 Å². The summed E-state index contributed by atoms with van der Waals surface area (Å²) < 4.78 is 13.9. The maximum absolute atomic E-state index is 13.9. The Morgan fingerprint density at radius 3 is 2.50 bits per heavy atom. The summed E-state index contributed by atoms with van der Waals surface area (Å²) in [7, 11) is 0. The van der Waals surface area contributed by atoms with Crippen LogP contribution < -0.4 is 0 Å². The van der Waals surface area contributed by atoms with E-state index in [0.717, 1.165) is 11.1 Å². The summed E-state index contributed by atoms with van der Waals surface area (Å²) in [5.41, 5.74) is 2.62. The SMILES string of the molecule is Cc1cc(C)c(C(=O)c2ncccc2C)c(F)c1. The zero-order chi connectivity index (χ0) is 13.3. The van der Waals surface area contributed by atoms with Gasteiger partial charge >= 0.3 is 0 Å². The van der Waals surface area contributed by atoms with Crippen molar-refractivity contribution in [1.29, 1.82) is 0 Å². The Balaban J connectivity index is 2.57. The van der Waals surface area contributed by atoms with Crippen molar-refractivity contribution in [2.75, 3.05) is 0 Å². The summed E-state index contributed by atoms with van der Waals surface area (Å²) in [6.45, 7) is 5.33. The molecular formula is C15H14FNO. The summed E-state index contributed by atoms with van der Waals surface area (Å²) in [5.74, 6) is -0.842. The van der Waals surface area contributed by atoms with Crippen LogP contribution in [0.15, 0.2) is 30.5 Å². The smallest absolute Gasteiger partial charge is 0.214 e. The van der Waals surface area contributed by atoms with Gasteiger partial charge in [0.25, 0.3) is 0 Å². The fraction of sp³-hybridized carbons (Fsp3) is 0.200. The maximum atomic E-state index is 13.9. The van der Waals surface area contributed by atoms with Gasteiger partial charge in [-0.15, -0.1) is 0 Å². The zero-order valence-corrected chi connectivity index (χ0v) is 10.6. The fourth-order valence-electron chi connectivity index (χ4n) is 2.05. The van der Waals surface area contributed by atoms with Crippen molar-refractivity contribution in [3.05, 3.63) is 64.2 Å². The summed E-state index contributed by atoms with van der Waals surface area (Å²) in [4.78, 5) is 16.4. The highest BCUT2D eigenvalue weighted by Crippen LogP contribution is 2.20. The molecule has 2 rings (SSSR count). The van der Waals surface area contributed by atoms with E-state index in [2.05, 4.69) is 4.98 Å². The van der Waals surface area contributed by atoms with Gasteiger partial charge in [0.1, 0.15) is 11.5 Å². The van der Waals surface area contributed by atoms with E-state index in [9.17, 15) is 9.18 Å². The molecule has 1 aromatic heterocycles. The van der Waals surface area contributed by atoms with Crippen LogP contribution in [0.25, 0.3) is 0 Å². The van der Waals surface area contributed by atoms with Crippen LogP contribution >= 0.6 is 0 Å². The number of aryl methyl sites for hydroxylation is 3. The number of aromatic nitrogens is 1. The molecule has 1 heterocycles. The van der Waals surface area contributed by atoms with Crippen LogP contribution in [-0.2, 0) is 0 Å². The lowest BCUT2D eigenvalue weighted by molar-refractivity contribution is 0.102. The van der Waals surface area contributed by atoms with Crippen molar-refractivity contribution >= 4 is 5.78 Å². The third-order valence-corrected chi connectivity index (χ3v) is 2.88. The van der Waals surface area contributed by atoms with Gasteiger partial charge in [-0.05, 0) is 49.6 Å². The van der Waals surface area contributed by atoms with Crippen LogP contribution in [0.5, 0.6) is 0 Å². The average Bonchev–Trinajstić information content (AvgIpc) is 2.27. The predicted molar refractivity (Wildman–Crippen MR) is 68.3 cm³/mol. The molecule has 0 atom stereocenters. The lowest BCUT2D eigenvalue weighted by Gasteiger charge is -2.08. The largest absolute Gasteiger partial charge is 0.287 e. The molecule has 0 bridgehead atoms.